The molecule has 1 rings (SSSR count). The summed E-state index contributed by atoms with van der Waals surface area (Å²) in [7, 11) is 0. The van der Waals surface area contributed by atoms with Gasteiger partial charge in [-0.05, 0) is 32.1 Å². The van der Waals surface area contributed by atoms with Crippen LogP contribution in [0.2, 0.25) is 0 Å². The van der Waals surface area contributed by atoms with Crippen LogP contribution in [0.5, 0.6) is 0 Å². The van der Waals surface area contributed by atoms with Gasteiger partial charge in [-0.2, -0.15) is 0 Å². The van der Waals surface area contributed by atoms with Crippen LogP contribution in [-0.4, -0.2) is 4.57 Å². The molecule has 0 aliphatic carbocycles. The van der Waals surface area contributed by atoms with E-state index < -0.39 is 0 Å². The first-order valence-electron chi connectivity index (χ1n) is 13.4. The van der Waals surface area contributed by atoms with Gasteiger partial charge in [-0.1, -0.05) is 104 Å². The second-order valence-corrected chi connectivity index (χ2v) is 9.15. The van der Waals surface area contributed by atoms with Crippen molar-refractivity contribution >= 4 is 0 Å². The average Bonchev–Trinajstić information content (AvgIpc) is 3.12. The Kier molecular flexibility index (Phi) is 17.4. The zero-order valence-electron chi connectivity index (χ0n) is 20.4. The number of unbranched alkanes of at least 4 members (excludes halogenated alkanes) is 15. The van der Waals surface area contributed by atoms with Crippen molar-refractivity contribution in [2.45, 2.75) is 156 Å². The number of hydrogen-bond donors (Lipinski definition) is 0. The number of aryl methyl sites for hydroxylation is 2. The second kappa shape index (κ2) is 19.2. The predicted molar refractivity (Wildman–Crippen MR) is 128 cm³/mol. The molecule has 0 amide bonds. The summed E-state index contributed by atoms with van der Waals surface area (Å²) in [6.07, 6.45) is 31.1. The molecule has 1 heterocycles. The van der Waals surface area contributed by atoms with E-state index in [0.29, 0.717) is 0 Å². The van der Waals surface area contributed by atoms with E-state index in [2.05, 4.69) is 42.3 Å². The van der Waals surface area contributed by atoms with Gasteiger partial charge in [0, 0.05) is 6.42 Å². The minimum Gasteiger partial charge on any atom is -0.234 e. The first-order valence-corrected chi connectivity index (χ1v) is 13.4. The molecule has 2 heteroatoms. The van der Waals surface area contributed by atoms with Gasteiger partial charge in [0.2, 0.25) is 0 Å². The Balaban J connectivity index is 2.24. The molecule has 0 spiro atoms. The van der Waals surface area contributed by atoms with E-state index in [9.17, 15) is 0 Å². The lowest BCUT2D eigenvalue weighted by molar-refractivity contribution is -0.704. The van der Waals surface area contributed by atoms with Gasteiger partial charge in [0.05, 0.1) is 13.1 Å². The maximum Gasteiger partial charge on any atom is 0.256 e. The molecule has 0 aliphatic rings. The van der Waals surface area contributed by atoms with Gasteiger partial charge in [0.25, 0.3) is 5.82 Å². The van der Waals surface area contributed by atoms with E-state index in [1.165, 1.54) is 135 Å². The highest BCUT2D eigenvalue weighted by atomic mass is 15.1. The van der Waals surface area contributed by atoms with Crippen molar-refractivity contribution in [1.82, 2.24) is 4.57 Å². The molecule has 0 aliphatic heterocycles. The van der Waals surface area contributed by atoms with Crippen LogP contribution in [0.1, 0.15) is 142 Å². The van der Waals surface area contributed by atoms with Crippen molar-refractivity contribution in [3.63, 3.8) is 0 Å². The molecule has 0 bridgehead atoms. The van der Waals surface area contributed by atoms with E-state index in [1.807, 2.05) is 0 Å². The Labute approximate surface area is 183 Å². The summed E-state index contributed by atoms with van der Waals surface area (Å²) in [5.41, 5.74) is 0. The molecule has 2 nitrogen and oxygen atoms in total. The lowest BCUT2D eigenvalue weighted by atomic mass is 10.1. The fourth-order valence-corrected chi connectivity index (χ4v) is 4.36. The van der Waals surface area contributed by atoms with Gasteiger partial charge in [0.1, 0.15) is 12.4 Å². The number of imidazole rings is 1. The number of rotatable bonds is 21. The fourth-order valence-electron chi connectivity index (χ4n) is 4.36. The van der Waals surface area contributed by atoms with Crippen LogP contribution in [0.25, 0.3) is 0 Å². The smallest absolute Gasteiger partial charge is 0.234 e. The molecule has 0 N–H and O–H groups in total. The van der Waals surface area contributed by atoms with Crippen LogP contribution in [0.15, 0.2) is 12.4 Å². The third-order valence-corrected chi connectivity index (χ3v) is 6.35. The van der Waals surface area contributed by atoms with E-state index in [-0.39, 0.29) is 0 Å². The average molecular weight is 406 g/mol. The summed E-state index contributed by atoms with van der Waals surface area (Å²) in [6.45, 7) is 9.35. The SMILES string of the molecule is CCCCCCCCCCCC[n+]1ccn(CCCCCCCC)c1CCCC. The molecule has 0 fully saturated rings. The van der Waals surface area contributed by atoms with Gasteiger partial charge in [-0.3, -0.25) is 0 Å². The quantitative estimate of drug-likeness (QED) is 0.143. The van der Waals surface area contributed by atoms with Crippen molar-refractivity contribution < 1.29 is 4.57 Å². The molecule has 0 aromatic carbocycles. The zero-order chi connectivity index (χ0) is 21.0. The van der Waals surface area contributed by atoms with E-state index in [1.54, 1.807) is 5.82 Å². The van der Waals surface area contributed by atoms with Crippen LogP contribution < -0.4 is 4.57 Å². The number of aromatic nitrogens is 2. The van der Waals surface area contributed by atoms with Gasteiger partial charge < -0.3 is 0 Å². The molecule has 0 saturated carbocycles. The largest absolute Gasteiger partial charge is 0.256 e. The fraction of sp³-hybridized carbons (Fsp3) is 0.889. The molecule has 0 unspecified atom stereocenters. The summed E-state index contributed by atoms with van der Waals surface area (Å²) in [5.74, 6) is 1.58. The van der Waals surface area contributed by atoms with Crippen LogP contribution in [0.3, 0.4) is 0 Å². The van der Waals surface area contributed by atoms with E-state index in [0.717, 1.165) is 0 Å². The molecule has 29 heavy (non-hydrogen) atoms. The summed E-state index contributed by atoms with van der Waals surface area (Å²) < 4.78 is 5.13. The summed E-state index contributed by atoms with van der Waals surface area (Å²) >= 11 is 0. The van der Waals surface area contributed by atoms with Gasteiger partial charge in [0.15, 0.2) is 0 Å². The standard InChI is InChI=1S/C27H53N2/c1-4-7-10-12-14-15-16-17-19-21-24-29-26-25-28(27(29)22-9-6-3)23-20-18-13-11-8-5-2/h25-26H,4-24H2,1-3H3/q+1. The van der Waals surface area contributed by atoms with Crippen molar-refractivity contribution in [2.24, 2.45) is 0 Å². The van der Waals surface area contributed by atoms with Gasteiger partial charge in [-0.15, -0.1) is 0 Å². The normalized spacial score (nSPS) is 11.4. The Morgan fingerprint density at radius 3 is 1.62 bits per heavy atom. The zero-order valence-corrected chi connectivity index (χ0v) is 20.4. The molecule has 0 saturated heterocycles. The molecule has 0 atom stereocenters. The highest BCUT2D eigenvalue weighted by Crippen LogP contribution is 2.12. The van der Waals surface area contributed by atoms with Crippen LogP contribution >= 0.6 is 0 Å². The highest BCUT2D eigenvalue weighted by molar-refractivity contribution is 4.84. The van der Waals surface area contributed by atoms with Gasteiger partial charge >= 0.3 is 0 Å². The van der Waals surface area contributed by atoms with Crippen molar-refractivity contribution in [1.29, 1.82) is 0 Å². The second-order valence-electron chi connectivity index (χ2n) is 9.15. The topological polar surface area (TPSA) is 8.81 Å². The maximum atomic E-state index is 2.57. The first kappa shape index (κ1) is 26.2. The predicted octanol–water partition coefficient (Wildman–Crippen LogP) is 8.40. The van der Waals surface area contributed by atoms with Crippen LogP contribution in [-0.2, 0) is 19.5 Å². The molecule has 0 radical (unpaired) electrons. The lowest BCUT2D eigenvalue weighted by Crippen LogP contribution is -2.37. The first-order chi connectivity index (χ1) is 14.3. The van der Waals surface area contributed by atoms with E-state index >= 15 is 0 Å². The van der Waals surface area contributed by atoms with Crippen molar-refractivity contribution in [3.8, 4) is 0 Å². The van der Waals surface area contributed by atoms with Crippen LogP contribution in [0, 0.1) is 0 Å². The minimum atomic E-state index is 1.22. The Hall–Kier alpha value is -0.790. The monoisotopic (exact) mass is 405 g/mol. The third-order valence-electron chi connectivity index (χ3n) is 6.35. The van der Waals surface area contributed by atoms with Gasteiger partial charge in [-0.25, -0.2) is 9.13 Å². The molecular weight excluding hydrogens is 352 g/mol. The Bertz CT molecular complexity index is 463. The summed E-state index contributed by atoms with van der Waals surface area (Å²) in [4.78, 5) is 0. The Morgan fingerprint density at radius 2 is 1.07 bits per heavy atom. The van der Waals surface area contributed by atoms with Crippen molar-refractivity contribution in [3.05, 3.63) is 18.2 Å². The molecule has 170 valence electrons. The van der Waals surface area contributed by atoms with E-state index in [4.69, 9.17) is 0 Å². The highest BCUT2D eigenvalue weighted by Gasteiger charge is 2.16. The summed E-state index contributed by atoms with van der Waals surface area (Å²) in [6, 6.07) is 0. The number of hydrogen-bond acceptors (Lipinski definition) is 0. The van der Waals surface area contributed by atoms with Crippen molar-refractivity contribution in [2.75, 3.05) is 0 Å². The third kappa shape index (κ3) is 13.2. The lowest BCUT2D eigenvalue weighted by Gasteiger charge is -2.06. The van der Waals surface area contributed by atoms with Crippen LogP contribution in [0.4, 0.5) is 0 Å². The minimum absolute atomic E-state index is 1.22. The summed E-state index contributed by atoms with van der Waals surface area (Å²) in [5, 5.41) is 0. The Morgan fingerprint density at radius 1 is 0.586 bits per heavy atom. The molecular formula is C27H53N2+. The maximum absolute atomic E-state index is 2.57. The molecule has 1 aromatic rings. The number of nitrogens with zero attached hydrogens (tertiary/aromatic N) is 2. The molecule has 1 aromatic heterocycles.